The fourth-order valence-corrected chi connectivity index (χ4v) is 5.10. The lowest BCUT2D eigenvalue weighted by molar-refractivity contribution is 0.0955. The van der Waals surface area contributed by atoms with Crippen LogP contribution in [0, 0.1) is 18.3 Å². The molecule has 1 aromatic heterocycles. The van der Waals surface area contributed by atoms with Gasteiger partial charge in [-0.05, 0) is 62.1 Å². The third kappa shape index (κ3) is 4.30. The van der Waals surface area contributed by atoms with Gasteiger partial charge in [0.05, 0.1) is 5.56 Å². The minimum atomic E-state index is -0.170. The van der Waals surface area contributed by atoms with Crippen molar-refractivity contribution in [1.29, 1.82) is 0 Å². The monoisotopic (exact) mass is 398 g/mol. The van der Waals surface area contributed by atoms with Crippen LogP contribution in [0.1, 0.15) is 70.8 Å². The van der Waals surface area contributed by atoms with Gasteiger partial charge in [0.1, 0.15) is 5.00 Å². The Kier molecular flexibility index (Phi) is 5.94. The van der Waals surface area contributed by atoms with Gasteiger partial charge in [-0.25, -0.2) is 0 Å². The third-order valence-corrected chi connectivity index (χ3v) is 6.77. The number of carbonyl (C=O) groups is 2. The molecular formula is C23H30N2O2S. The molecule has 1 aromatic carbocycles. The van der Waals surface area contributed by atoms with Crippen LogP contribution in [-0.2, 0) is 12.8 Å². The zero-order valence-corrected chi connectivity index (χ0v) is 18.3. The number of thiophene rings is 1. The Balaban J connectivity index is 1.93. The van der Waals surface area contributed by atoms with Gasteiger partial charge in [0.15, 0.2) is 0 Å². The molecule has 0 radical (unpaired) electrons. The number of rotatable bonds is 4. The van der Waals surface area contributed by atoms with Gasteiger partial charge in [-0.1, -0.05) is 38.5 Å². The summed E-state index contributed by atoms with van der Waals surface area (Å²) in [6.07, 6.45) is 2.93. The number of benzene rings is 1. The van der Waals surface area contributed by atoms with E-state index in [1.165, 1.54) is 4.88 Å². The summed E-state index contributed by atoms with van der Waals surface area (Å²) in [6.45, 7) is 11.3. The molecule has 0 spiro atoms. The predicted molar refractivity (Wildman–Crippen MR) is 116 cm³/mol. The summed E-state index contributed by atoms with van der Waals surface area (Å²) in [7, 11) is 0. The van der Waals surface area contributed by atoms with Crippen molar-refractivity contribution in [1.82, 2.24) is 5.32 Å². The van der Waals surface area contributed by atoms with Crippen LogP contribution in [0.4, 0.5) is 5.00 Å². The van der Waals surface area contributed by atoms with E-state index >= 15 is 0 Å². The van der Waals surface area contributed by atoms with E-state index in [0.717, 1.165) is 30.4 Å². The lowest BCUT2D eigenvalue weighted by atomic mass is 9.72. The van der Waals surface area contributed by atoms with Crippen LogP contribution < -0.4 is 10.6 Å². The molecule has 0 saturated carbocycles. The first-order chi connectivity index (χ1) is 13.2. The number of nitrogens with one attached hydrogen (secondary N) is 2. The highest BCUT2D eigenvalue weighted by Gasteiger charge is 2.34. The van der Waals surface area contributed by atoms with Crippen LogP contribution in [0.5, 0.6) is 0 Å². The third-order valence-electron chi connectivity index (χ3n) is 5.60. The van der Waals surface area contributed by atoms with Crippen molar-refractivity contribution in [2.45, 2.75) is 53.9 Å². The quantitative estimate of drug-likeness (QED) is 0.743. The molecule has 150 valence electrons. The molecule has 1 aliphatic rings. The van der Waals surface area contributed by atoms with Crippen LogP contribution in [0.15, 0.2) is 24.3 Å². The number of carbonyl (C=O) groups excluding carboxylic acids is 2. The van der Waals surface area contributed by atoms with Gasteiger partial charge in [0.25, 0.3) is 11.8 Å². The van der Waals surface area contributed by atoms with E-state index in [4.69, 9.17) is 0 Å². The lowest BCUT2D eigenvalue weighted by Gasteiger charge is -2.33. The van der Waals surface area contributed by atoms with Crippen molar-refractivity contribution in [2.75, 3.05) is 11.9 Å². The second kappa shape index (κ2) is 8.08. The van der Waals surface area contributed by atoms with Crippen molar-refractivity contribution >= 4 is 28.2 Å². The Morgan fingerprint density at radius 2 is 1.82 bits per heavy atom. The van der Waals surface area contributed by atoms with Crippen LogP contribution >= 0.6 is 11.3 Å². The molecule has 0 fully saturated rings. The molecule has 0 saturated heterocycles. The number of anilines is 1. The molecule has 28 heavy (non-hydrogen) atoms. The van der Waals surface area contributed by atoms with E-state index in [9.17, 15) is 9.59 Å². The maximum atomic E-state index is 12.8. The Morgan fingerprint density at radius 1 is 1.14 bits per heavy atom. The predicted octanol–water partition coefficient (Wildman–Crippen LogP) is 5.21. The smallest absolute Gasteiger partial charge is 0.256 e. The summed E-state index contributed by atoms with van der Waals surface area (Å²) in [4.78, 5) is 26.8. The summed E-state index contributed by atoms with van der Waals surface area (Å²) in [5, 5.41) is 6.61. The molecule has 5 heteroatoms. The van der Waals surface area contributed by atoms with Gasteiger partial charge in [0, 0.05) is 17.0 Å². The number of fused-ring (bicyclic) bond motifs is 1. The molecule has 2 amide bonds. The van der Waals surface area contributed by atoms with E-state index < -0.39 is 0 Å². The largest absolute Gasteiger partial charge is 0.352 e. The van der Waals surface area contributed by atoms with Gasteiger partial charge in [-0.15, -0.1) is 11.3 Å². The lowest BCUT2D eigenvalue weighted by Crippen LogP contribution is -2.28. The van der Waals surface area contributed by atoms with Gasteiger partial charge in [-0.3, -0.25) is 9.59 Å². The molecule has 4 nitrogen and oxygen atoms in total. The molecule has 1 atom stereocenters. The second-order valence-corrected chi connectivity index (χ2v) is 9.80. The molecule has 0 bridgehead atoms. The average molecular weight is 399 g/mol. The van der Waals surface area contributed by atoms with Crippen LogP contribution in [-0.4, -0.2) is 18.4 Å². The van der Waals surface area contributed by atoms with E-state index in [1.54, 1.807) is 11.3 Å². The number of hydrogen-bond donors (Lipinski definition) is 2. The maximum Gasteiger partial charge on any atom is 0.256 e. The summed E-state index contributed by atoms with van der Waals surface area (Å²) < 4.78 is 0. The SMILES string of the molecule is CCNC(=O)c1c(NC(=O)c2ccc(C)cc2)sc2c1CCC(C(C)(C)C)C2. The maximum absolute atomic E-state index is 12.8. The molecule has 2 N–H and O–H groups in total. The topological polar surface area (TPSA) is 58.2 Å². The molecule has 1 unspecified atom stereocenters. The van der Waals surface area contributed by atoms with Crippen molar-refractivity contribution in [3.63, 3.8) is 0 Å². The minimum absolute atomic E-state index is 0.0894. The highest BCUT2D eigenvalue weighted by Crippen LogP contribution is 2.44. The Labute approximate surface area is 171 Å². The fraction of sp³-hybridized carbons (Fsp3) is 0.478. The normalized spacial score (nSPS) is 16.4. The molecular weight excluding hydrogens is 368 g/mol. The summed E-state index contributed by atoms with van der Waals surface area (Å²) >= 11 is 1.57. The zero-order chi connectivity index (χ0) is 20.5. The van der Waals surface area contributed by atoms with Crippen LogP contribution in [0.3, 0.4) is 0 Å². The fourth-order valence-electron chi connectivity index (χ4n) is 3.78. The summed E-state index contributed by atoms with van der Waals surface area (Å²) in [6, 6.07) is 7.49. The van der Waals surface area contributed by atoms with E-state index in [0.29, 0.717) is 28.6 Å². The first-order valence-electron chi connectivity index (χ1n) is 10.0. The van der Waals surface area contributed by atoms with Crippen molar-refractivity contribution < 1.29 is 9.59 Å². The number of amides is 2. The first-order valence-corrected chi connectivity index (χ1v) is 10.8. The molecule has 1 heterocycles. The van der Waals surface area contributed by atoms with E-state index in [1.807, 2.05) is 38.1 Å². The minimum Gasteiger partial charge on any atom is -0.352 e. The van der Waals surface area contributed by atoms with Gasteiger partial charge in [-0.2, -0.15) is 0 Å². The van der Waals surface area contributed by atoms with E-state index in [2.05, 4.69) is 31.4 Å². The molecule has 1 aliphatic carbocycles. The van der Waals surface area contributed by atoms with Crippen molar-refractivity contribution in [3.8, 4) is 0 Å². The molecule has 2 aromatic rings. The standard InChI is InChI=1S/C23H30N2O2S/c1-6-24-21(27)19-17-12-11-16(23(3,4)5)13-18(17)28-22(19)25-20(26)15-9-7-14(2)8-10-15/h7-10,16H,6,11-13H2,1-5H3,(H,24,27)(H,25,26). The average Bonchev–Trinajstić information content (AvgIpc) is 2.98. The number of hydrogen-bond acceptors (Lipinski definition) is 3. The highest BCUT2D eigenvalue weighted by atomic mass is 32.1. The highest BCUT2D eigenvalue weighted by molar-refractivity contribution is 7.17. The van der Waals surface area contributed by atoms with Crippen LogP contribution in [0.2, 0.25) is 0 Å². The van der Waals surface area contributed by atoms with Crippen molar-refractivity contribution in [2.24, 2.45) is 11.3 Å². The summed E-state index contributed by atoms with van der Waals surface area (Å²) in [5.74, 6) is 0.325. The van der Waals surface area contributed by atoms with Crippen LogP contribution in [0.25, 0.3) is 0 Å². The van der Waals surface area contributed by atoms with E-state index in [-0.39, 0.29) is 17.2 Å². The van der Waals surface area contributed by atoms with Gasteiger partial charge < -0.3 is 10.6 Å². The van der Waals surface area contributed by atoms with Crippen molar-refractivity contribution in [3.05, 3.63) is 51.4 Å². The Bertz CT molecular complexity index is 875. The summed E-state index contributed by atoms with van der Waals surface area (Å²) in [5.41, 5.74) is 3.73. The van der Waals surface area contributed by atoms with Gasteiger partial charge >= 0.3 is 0 Å². The zero-order valence-electron chi connectivity index (χ0n) is 17.4. The van der Waals surface area contributed by atoms with Gasteiger partial charge in [0.2, 0.25) is 0 Å². The Hall–Kier alpha value is -2.14. The second-order valence-electron chi connectivity index (χ2n) is 8.69. The molecule has 0 aliphatic heterocycles. The Morgan fingerprint density at radius 3 is 2.43 bits per heavy atom. The first kappa shape index (κ1) is 20.6. The number of aryl methyl sites for hydroxylation is 1. The molecule has 3 rings (SSSR count).